The lowest BCUT2D eigenvalue weighted by Crippen LogP contribution is -2.37. The number of nitrogens with one attached hydrogen (secondary N) is 1. The average molecular weight is 457 g/mol. The molecule has 1 saturated carbocycles. The molecule has 166 valence electrons. The Labute approximate surface area is 175 Å². The van der Waals surface area contributed by atoms with Crippen LogP contribution in [0.3, 0.4) is 0 Å². The van der Waals surface area contributed by atoms with Gasteiger partial charge in [0.05, 0.1) is 10.5 Å². The molecule has 2 aromatic carbocycles. The van der Waals surface area contributed by atoms with Crippen LogP contribution in [-0.4, -0.2) is 38.2 Å². The second-order valence-electron chi connectivity index (χ2n) is 7.37. The van der Waals surface area contributed by atoms with Gasteiger partial charge >= 0.3 is 12.1 Å². The Bertz CT molecular complexity index is 1100. The van der Waals surface area contributed by atoms with Crippen LogP contribution in [0.25, 0.3) is 0 Å². The van der Waals surface area contributed by atoms with Gasteiger partial charge in [-0.05, 0) is 43.2 Å². The predicted molar refractivity (Wildman–Crippen MR) is 102 cm³/mol. The van der Waals surface area contributed by atoms with Gasteiger partial charge in [0.15, 0.2) is 18.1 Å². The van der Waals surface area contributed by atoms with E-state index in [4.69, 9.17) is 14.6 Å². The summed E-state index contributed by atoms with van der Waals surface area (Å²) < 4.78 is 77.5. The van der Waals surface area contributed by atoms with Crippen molar-refractivity contribution in [2.24, 2.45) is 0 Å². The monoisotopic (exact) mass is 457 g/mol. The molecule has 4 rings (SSSR count). The van der Waals surface area contributed by atoms with Crippen molar-refractivity contribution in [3.05, 3.63) is 53.6 Å². The second-order valence-corrected chi connectivity index (χ2v) is 9.08. The van der Waals surface area contributed by atoms with E-state index in [1.54, 1.807) is 18.2 Å². The van der Waals surface area contributed by atoms with Crippen molar-refractivity contribution < 1.29 is 41.0 Å². The molecular weight excluding hydrogens is 439 g/mol. The maximum Gasteiger partial charge on any atom is 0.416 e. The summed E-state index contributed by atoms with van der Waals surface area (Å²) in [7, 11) is -4.06. The Morgan fingerprint density at radius 1 is 1.16 bits per heavy atom. The molecule has 0 bridgehead atoms. The molecule has 2 N–H and O–H groups in total. The number of sulfonamides is 1. The van der Waals surface area contributed by atoms with E-state index >= 15 is 0 Å². The lowest BCUT2D eigenvalue weighted by molar-refractivity contribution is -0.139. The minimum atomic E-state index is -4.56. The van der Waals surface area contributed by atoms with Crippen molar-refractivity contribution in [3.63, 3.8) is 0 Å². The number of alkyl halides is 3. The van der Waals surface area contributed by atoms with Gasteiger partial charge in [0.1, 0.15) is 6.10 Å². The van der Waals surface area contributed by atoms with Gasteiger partial charge in [0.2, 0.25) is 10.0 Å². The average Bonchev–Trinajstić information content (AvgIpc) is 3.26. The normalized spacial score (nSPS) is 22.5. The molecular formula is C20H18F3NO6S. The largest absolute Gasteiger partial charge is 0.486 e. The van der Waals surface area contributed by atoms with E-state index in [9.17, 15) is 26.4 Å². The van der Waals surface area contributed by atoms with Crippen molar-refractivity contribution in [3.8, 4) is 11.5 Å². The predicted octanol–water partition coefficient (Wildman–Crippen LogP) is 3.15. The number of hydrogen-bond donors (Lipinski definition) is 2. The highest BCUT2D eigenvalue weighted by Gasteiger charge is 2.47. The Morgan fingerprint density at radius 2 is 1.87 bits per heavy atom. The zero-order valence-corrected chi connectivity index (χ0v) is 16.7. The minimum Gasteiger partial charge on any atom is -0.486 e. The molecule has 1 aliphatic heterocycles. The summed E-state index contributed by atoms with van der Waals surface area (Å²) in [5, 5.41) is 8.82. The van der Waals surface area contributed by atoms with E-state index in [1.807, 2.05) is 0 Å². The fourth-order valence-corrected chi connectivity index (χ4v) is 5.35. The van der Waals surface area contributed by atoms with Gasteiger partial charge < -0.3 is 14.6 Å². The van der Waals surface area contributed by atoms with Crippen molar-refractivity contribution in [1.29, 1.82) is 0 Å². The zero-order chi connectivity index (χ0) is 22.4. The van der Waals surface area contributed by atoms with E-state index in [0.717, 1.165) is 24.3 Å². The number of carbonyl (C=O) groups is 1. The Balaban J connectivity index is 1.55. The first-order valence-electron chi connectivity index (χ1n) is 9.40. The summed E-state index contributed by atoms with van der Waals surface area (Å²) in [6, 6.07) is 7.78. The summed E-state index contributed by atoms with van der Waals surface area (Å²) in [6.45, 7) is -0.543. The maximum atomic E-state index is 12.8. The first-order valence-corrected chi connectivity index (χ1v) is 10.9. The Morgan fingerprint density at radius 3 is 2.52 bits per heavy atom. The molecule has 0 spiro atoms. The van der Waals surface area contributed by atoms with Gasteiger partial charge in [-0.1, -0.05) is 12.1 Å². The SMILES string of the molecule is O=C(O)COc1cccc2c1OC1CCC(NS(=O)(=O)c3ccc(C(F)(F)F)cc3)C21. The van der Waals surface area contributed by atoms with E-state index in [0.29, 0.717) is 24.2 Å². The molecule has 1 fully saturated rings. The summed E-state index contributed by atoms with van der Waals surface area (Å²) in [6.07, 6.45) is -3.84. The van der Waals surface area contributed by atoms with Crippen LogP contribution in [0, 0.1) is 0 Å². The van der Waals surface area contributed by atoms with Gasteiger partial charge in [-0.25, -0.2) is 17.9 Å². The zero-order valence-electron chi connectivity index (χ0n) is 15.9. The quantitative estimate of drug-likeness (QED) is 0.691. The van der Waals surface area contributed by atoms with Crippen LogP contribution in [0.15, 0.2) is 47.4 Å². The topological polar surface area (TPSA) is 102 Å². The molecule has 0 aromatic heterocycles. The highest BCUT2D eigenvalue weighted by Crippen LogP contribution is 2.51. The molecule has 31 heavy (non-hydrogen) atoms. The molecule has 11 heteroatoms. The van der Waals surface area contributed by atoms with Crippen molar-refractivity contribution >= 4 is 16.0 Å². The summed E-state index contributed by atoms with van der Waals surface area (Å²) in [5.41, 5.74) is -0.232. The van der Waals surface area contributed by atoms with Crippen LogP contribution in [0.2, 0.25) is 0 Å². The number of benzene rings is 2. The summed E-state index contributed by atoms with van der Waals surface area (Å²) >= 11 is 0. The molecule has 1 heterocycles. The highest BCUT2D eigenvalue weighted by atomic mass is 32.2. The van der Waals surface area contributed by atoms with Gasteiger partial charge in [-0.3, -0.25) is 0 Å². The Hall–Kier alpha value is -2.79. The first kappa shape index (κ1) is 21.4. The first-order chi connectivity index (χ1) is 14.6. The lowest BCUT2D eigenvalue weighted by atomic mass is 9.94. The smallest absolute Gasteiger partial charge is 0.416 e. The molecule has 0 saturated heterocycles. The fraction of sp³-hybridized carbons (Fsp3) is 0.350. The fourth-order valence-electron chi connectivity index (χ4n) is 4.06. The van der Waals surface area contributed by atoms with Crippen LogP contribution < -0.4 is 14.2 Å². The van der Waals surface area contributed by atoms with Gasteiger partial charge in [0, 0.05) is 17.5 Å². The molecule has 3 unspecified atom stereocenters. The molecule has 3 atom stereocenters. The van der Waals surface area contributed by atoms with Gasteiger partial charge in [0.25, 0.3) is 0 Å². The van der Waals surface area contributed by atoms with Crippen LogP contribution >= 0.6 is 0 Å². The third kappa shape index (κ3) is 4.19. The number of ether oxygens (including phenoxy) is 2. The minimum absolute atomic E-state index is 0.262. The van der Waals surface area contributed by atoms with Crippen LogP contribution in [0.1, 0.15) is 29.9 Å². The lowest BCUT2D eigenvalue weighted by Gasteiger charge is -2.20. The van der Waals surface area contributed by atoms with Crippen LogP contribution in [-0.2, 0) is 21.0 Å². The summed E-state index contributed by atoms with van der Waals surface area (Å²) in [4.78, 5) is 10.5. The second kappa shape index (κ2) is 7.72. The number of para-hydroxylation sites is 1. The number of aliphatic carboxylic acids is 1. The molecule has 0 amide bonds. The van der Waals surface area contributed by atoms with Crippen molar-refractivity contribution in [1.82, 2.24) is 4.72 Å². The molecule has 1 aliphatic carbocycles. The van der Waals surface area contributed by atoms with Crippen molar-refractivity contribution in [2.75, 3.05) is 6.61 Å². The number of fused-ring (bicyclic) bond motifs is 3. The number of hydrogen-bond acceptors (Lipinski definition) is 5. The number of carboxylic acid groups (broad SMARTS) is 1. The van der Waals surface area contributed by atoms with E-state index in [-0.39, 0.29) is 22.7 Å². The summed E-state index contributed by atoms with van der Waals surface area (Å²) in [5.74, 6) is -0.818. The Kier molecular flexibility index (Phi) is 5.34. The molecule has 2 aromatic rings. The standard InChI is InChI=1S/C20H18F3NO6S/c21-20(22,23)11-4-6-12(7-5-11)31(27,28)24-14-8-9-15-18(14)13-2-1-3-16(19(13)30-15)29-10-17(25)26/h1-7,14-15,18,24H,8-10H2,(H,25,26). The maximum absolute atomic E-state index is 12.8. The third-order valence-electron chi connectivity index (χ3n) is 5.38. The number of halogens is 3. The highest BCUT2D eigenvalue weighted by molar-refractivity contribution is 7.89. The van der Waals surface area contributed by atoms with E-state index in [2.05, 4.69) is 4.72 Å². The third-order valence-corrected chi connectivity index (χ3v) is 6.89. The molecule has 7 nitrogen and oxygen atoms in total. The van der Waals surface area contributed by atoms with Crippen molar-refractivity contribution in [2.45, 2.75) is 42.0 Å². The van der Waals surface area contributed by atoms with Gasteiger partial charge in [-0.15, -0.1) is 0 Å². The molecule has 2 aliphatic rings. The molecule has 0 radical (unpaired) electrons. The van der Waals surface area contributed by atoms with Gasteiger partial charge in [-0.2, -0.15) is 13.2 Å². The van der Waals surface area contributed by atoms with Crippen LogP contribution in [0.4, 0.5) is 13.2 Å². The van der Waals surface area contributed by atoms with Crippen LogP contribution in [0.5, 0.6) is 11.5 Å². The number of carboxylic acids is 1. The van der Waals surface area contributed by atoms with E-state index in [1.165, 1.54) is 0 Å². The number of rotatable bonds is 6. The van der Waals surface area contributed by atoms with E-state index < -0.39 is 40.4 Å².